The number of amides is 2. The van der Waals surface area contributed by atoms with Gasteiger partial charge >= 0.3 is 5.97 Å². The Hall–Kier alpha value is -3.87. The highest BCUT2D eigenvalue weighted by Gasteiger charge is 2.44. The third-order valence-electron chi connectivity index (χ3n) is 7.43. The van der Waals surface area contributed by atoms with E-state index in [1.807, 2.05) is 54.6 Å². The zero-order chi connectivity index (χ0) is 32.4. The Bertz CT molecular complexity index is 1550. The summed E-state index contributed by atoms with van der Waals surface area (Å²) in [6.45, 7) is 1.92. The minimum absolute atomic E-state index is 0.104. The number of esters is 1. The number of ether oxygens (including phenoxy) is 2. The molecule has 1 N–H and O–H groups in total. The number of hydrogen-bond acceptors (Lipinski definition) is 8. The molecule has 0 bridgehead atoms. The molecule has 1 heterocycles. The third kappa shape index (κ3) is 9.56. The highest BCUT2D eigenvalue weighted by molar-refractivity contribution is 7.99. The Labute approximate surface area is 269 Å². The van der Waals surface area contributed by atoms with Crippen molar-refractivity contribution in [1.82, 2.24) is 9.21 Å². The molecule has 12 heteroatoms. The number of hydrogen-bond donors (Lipinski definition) is 1. The van der Waals surface area contributed by atoms with Gasteiger partial charge < -0.3 is 19.7 Å². The lowest BCUT2D eigenvalue weighted by Gasteiger charge is -2.27. The summed E-state index contributed by atoms with van der Waals surface area (Å²) in [5, 5.41) is 2.62. The number of thioether (sulfide) groups is 1. The van der Waals surface area contributed by atoms with Crippen molar-refractivity contribution in [2.24, 2.45) is 0 Å². The van der Waals surface area contributed by atoms with Crippen LogP contribution in [0, 0.1) is 0 Å². The van der Waals surface area contributed by atoms with Crippen LogP contribution in [-0.2, 0) is 36.5 Å². The van der Waals surface area contributed by atoms with Gasteiger partial charge in [-0.3, -0.25) is 9.59 Å². The van der Waals surface area contributed by atoms with Crippen molar-refractivity contribution in [2.45, 2.75) is 36.8 Å². The Balaban J connectivity index is 1.42. The lowest BCUT2D eigenvalue weighted by atomic mass is 10.2. The van der Waals surface area contributed by atoms with Crippen molar-refractivity contribution >= 4 is 45.3 Å². The van der Waals surface area contributed by atoms with E-state index in [0.717, 1.165) is 16.9 Å². The predicted octanol–water partition coefficient (Wildman–Crippen LogP) is 4.22. The molecular formula is C33H39N3O7S2. The second-order valence-electron chi connectivity index (χ2n) is 10.7. The molecule has 10 nitrogen and oxygen atoms in total. The first kappa shape index (κ1) is 34.0. The number of likely N-dealkylation sites (N-methyl/N-ethyl adjacent to an activating group) is 1. The molecule has 240 valence electrons. The molecule has 1 saturated heterocycles. The number of carbonyl (C=O) groups excluding carboxylic acids is 3. The van der Waals surface area contributed by atoms with Gasteiger partial charge in [0.2, 0.25) is 21.8 Å². The highest BCUT2D eigenvalue weighted by atomic mass is 32.2. The average molecular weight is 654 g/mol. The fraction of sp³-hybridized carbons (Fsp3) is 0.364. The Morgan fingerprint density at radius 1 is 0.978 bits per heavy atom. The lowest BCUT2D eigenvalue weighted by Crippen LogP contribution is -2.48. The molecule has 2 atom stereocenters. The number of aryl methyl sites for hydroxylation is 1. The maximum absolute atomic E-state index is 13.7. The second kappa shape index (κ2) is 15.9. The first-order valence-electron chi connectivity index (χ1n) is 14.7. The van der Waals surface area contributed by atoms with Crippen LogP contribution in [0.5, 0.6) is 5.75 Å². The molecule has 0 aromatic heterocycles. The van der Waals surface area contributed by atoms with Crippen LogP contribution in [0.2, 0.25) is 0 Å². The summed E-state index contributed by atoms with van der Waals surface area (Å²) in [6.07, 6.45) is 0.670. The van der Waals surface area contributed by atoms with Crippen molar-refractivity contribution < 1.29 is 32.3 Å². The number of anilines is 1. The Kier molecular flexibility index (Phi) is 12.0. The fourth-order valence-electron chi connectivity index (χ4n) is 5.02. The van der Waals surface area contributed by atoms with Crippen molar-refractivity contribution in [2.75, 3.05) is 44.9 Å². The average Bonchev–Trinajstić information content (AvgIpc) is 3.49. The van der Waals surface area contributed by atoms with Crippen molar-refractivity contribution in [1.29, 1.82) is 0 Å². The number of nitrogens with one attached hydrogen (secondary N) is 1. The molecular weight excluding hydrogens is 615 g/mol. The molecule has 1 aliphatic rings. The number of nitrogens with zero attached hydrogens (tertiary/aromatic N) is 2. The van der Waals surface area contributed by atoms with Gasteiger partial charge in [0.1, 0.15) is 11.8 Å². The van der Waals surface area contributed by atoms with Crippen LogP contribution in [-0.4, -0.2) is 86.3 Å². The van der Waals surface area contributed by atoms with Gasteiger partial charge in [0.15, 0.2) is 0 Å². The van der Waals surface area contributed by atoms with Crippen LogP contribution in [0.4, 0.5) is 5.69 Å². The minimum atomic E-state index is -3.79. The number of sulfonamides is 1. The summed E-state index contributed by atoms with van der Waals surface area (Å²) < 4.78 is 38.8. The SMILES string of the molecule is CCOC(=O)c1ccc(NC(=O)CN(C)C(=O)C2CC(SCc3ccc(OC)cc3)CN2S(=O)(=O)CCc2ccccc2)cc1. The molecule has 0 aliphatic carbocycles. The monoisotopic (exact) mass is 653 g/mol. The maximum atomic E-state index is 13.7. The zero-order valence-corrected chi connectivity index (χ0v) is 27.3. The summed E-state index contributed by atoms with van der Waals surface area (Å²) >= 11 is 1.61. The van der Waals surface area contributed by atoms with Crippen LogP contribution in [0.15, 0.2) is 78.9 Å². The number of methoxy groups -OCH3 is 1. The van der Waals surface area contributed by atoms with E-state index in [0.29, 0.717) is 29.8 Å². The van der Waals surface area contributed by atoms with Gasteiger partial charge in [0, 0.05) is 30.3 Å². The van der Waals surface area contributed by atoms with Crippen LogP contribution >= 0.6 is 11.8 Å². The molecule has 2 amide bonds. The van der Waals surface area contributed by atoms with E-state index in [2.05, 4.69) is 5.32 Å². The first-order chi connectivity index (χ1) is 21.6. The Morgan fingerprint density at radius 3 is 2.31 bits per heavy atom. The van der Waals surface area contributed by atoms with E-state index in [4.69, 9.17) is 9.47 Å². The number of rotatable bonds is 14. The van der Waals surface area contributed by atoms with E-state index in [-0.39, 0.29) is 30.7 Å². The Morgan fingerprint density at radius 2 is 1.67 bits per heavy atom. The maximum Gasteiger partial charge on any atom is 0.338 e. The lowest BCUT2D eigenvalue weighted by molar-refractivity contribution is -0.136. The van der Waals surface area contributed by atoms with Crippen LogP contribution < -0.4 is 10.1 Å². The summed E-state index contributed by atoms with van der Waals surface area (Å²) in [7, 11) is -0.678. The number of benzene rings is 3. The number of carbonyl (C=O) groups is 3. The van der Waals surface area contributed by atoms with E-state index in [1.165, 1.54) is 16.3 Å². The predicted molar refractivity (Wildman–Crippen MR) is 176 cm³/mol. The van der Waals surface area contributed by atoms with Crippen molar-refractivity contribution in [3.63, 3.8) is 0 Å². The standard InChI is InChI=1S/C33H39N3O7S2/c1-4-43-33(39)26-12-14-27(15-13-26)34-31(37)22-35(2)32(38)30-20-29(44-23-25-10-16-28(42-3)17-11-25)21-36(30)45(40,41)19-18-24-8-6-5-7-9-24/h5-17,29-30H,4,18-23H2,1-3H3,(H,34,37). The topological polar surface area (TPSA) is 122 Å². The normalized spacial score (nSPS) is 16.6. The molecule has 2 unspecified atom stereocenters. The van der Waals surface area contributed by atoms with Gasteiger partial charge in [0.25, 0.3) is 0 Å². The molecule has 3 aromatic carbocycles. The molecule has 45 heavy (non-hydrogen) atoms. The van der Waals surface area contributed by atoms with Crippen LogP contribution in [0.3, 0.4) is 0 Å². The fourth-order valence-corrected chi connectivity index (χ4v) is 8.02. The zero-order valence-electron chi connectivity index (χ0n) is 25.7. The summed E-state index contributed by atoms with van der Waals surface area (Å²) in [6, 6.07) is 22.4. The molecule has 0 spiro atoms. The van der Waals surface area contributed by atoms with E-state index >= 15 is 0 Å². The van der Waals surface area contributed by atoms with E-state index < -0.39 is 33.8 Å². The molecule has 4 rings (SSSR count). The van der Waals surface area contributed by atoms with Gasteiger partial charge in [0.05, 0.1) is 31.6 Å². The van der Waals surface area contributed by atoms with Gasteiger partial charge in [-0.2, -0.15) is 16.1 Å². The second-order valence-corrected chi connectivity index (χ2v) is 14.0. The van der Waals surface area contributed by atoms with Crippen LogP contribution in [0.1, 0.15) is 34.8 Å². The molecule has 3 aromatic rings. The quantitative estimate of drug-likeness (QED) is 0.257. The largest absolute Gasteiger partial charge is 0.497 e. The molecule has 1 fully saturated rings. The summed E-state index contributed by atoms with van der Waals surface area (Å²) in [4.78, 5) is 39.7. The summed E-state index contributed by atoms with van der Waals surface area (Å²) in [5.74, 6) is -0.0494. The molecule has 0 radical (unpaired) electrons. The summed E-state index contributed by atoms with van der Waals surface area (Å²) in [5.41, 5.74) is 2.78. The smallest absolute Gasteiger partial charge is 0.338 e. The molecule has 1 aliphatic heterocycles. The van der Waals surface area contributed by atoms with Gasteiger partial charge in [-0.25, -0.2) is 13.2 Å². The van der Waals surface area contributed by atoms with Crippen LogP contribution in [0.25, 0.3) is 0 Å². The van der Waals surface area contributed by atoms with Gasteiger partial charge in [-0.05, 0) is 67.3 Å². The van der Waals surface area contributed by atoms with Gasteiger partial charge in [-0.15, -0.1) is 0 Å². The van der Waals surface area contributed by atoms with Crippen molar-refractivity contribution in [3.8, 4) is 5.75 Å². The minimum Gasteiger partial charge on any atom is -0.497 e. The van der Waals surface area contributed by atoms with Gasteiger partial charge in [-0.1, -0.05) is 42.5 Å². The first-order valence-corrected chi connectivity index (χ1v) is 17.4. The highest BCUT2D eigenvalue weighted by Crippen LogP contribution is 2.33. The van der Waals surface area contributed by atoms with E-state index in [1.54, 1.807) is 50.1 Å². The molecule has 0 saturated carbocycles. The van der Waals surface area contributed by atoms with Crippen molar-refractivity contribution in [3.05, 3.63) is 95.6 Å². The third-order valence-corrected chi connectivity index (χ3v) is 10.6. The van der Waals surface area contributed by atoms with E-state index in [9.17, 15) is 22.8 Å².